The molecule has 1 aliphatic rings. The van der Waals surface area contributed by atoms with E-state index in [-0.39, 0.29) is 5.41 Å². The SMILES string of the molecule is CC1(c2ccccc2)c2ccccc2-c2ccc(-c3cccc(-c4cc(-c5ccc(-c6nc7ccccc7s6)cc5)cc(-c5ccc(-c6nc7ccccc7s6)cc5)c4)c3)cc21. The lowest BCUT2D eigenvalue weighted by Gasteiger charge is -2.28. The summed E-state index contributed by atoms with van der Waals surface area (Å²) >= 11 is 3.48. The quantitative estimate of drug-likeness (QED) is 0.160. The molecular weight excluding hydrogens is 789 g/mol. The van der Waals surface area contributed by atoms with Gasteiger partial charge < -0.3 is 0 Å². The fraction of sp³-hybridized carbons (Fsp3) is 0.0345. The van der Waals surface area contributed by atoms with Crippen LogP contribution < -0.4 is 0 Å². The molecule has 1 aliphatic carbocycles. The van der Waals surface area contributed by atoms with Gasteiger partial charge in [-0.25, -0.2) is 9.97 Å². The molecule has 62 heavy (non-hydrogen) atoms. The van der Waals surface area contributed by atoms with Crippen molar-refractivity contribution in [3.8, 4) is 76.8 Å². The summed E-state index contributed by atoms with van der Waals surface area (Å²) < 4.78 is 2.41. The fourth-order valence-electron chi connectivity index (χ4n) is 9.36. The van der Waals surface area contributed by atoms with Crippen molar-refractivity contribution in [3.05, 3.63) is 229 Å². The van der Waals surface area contributed by atoms with Crippen LogP contribution in [-0.2, 0) is 5.41 Å². The maximum Gasteiger partial charge on any atom is 0.124 e. The lowest BCUT2D eigenvalue weighted by Crippen LogP contribution is -2.22. The highest BCUT2D eigenvalue weighted by molar-refractivity contribution is 7.22. The maximum atomic E-state index is 4.93. The minimum atomic E-state index is -0.255. The number of nitrogens with zero attached hydrogens (tertiary/aromatic N) is 2. The number of para-hydroxylation sites is 2. The van der Waals surface area contributed by atoms with Gasteiger partial charge in [0.25, 0.3) is 0 Å². The van der Waals surface area contributed by atoms with Crippen molar-refractivity contribution in [2.24, 2.45) is 0 Å². The van der Waals surface area contributed by atoms with E-state index >= 15 is 0 Å². The van der Waals surface area contributed by atoms with Crippen molar-refractivity contribution in [2.75, 3.05) is 0 Å². The molecule has 0 bridgehead atoms. The van der Waals surface area contributed by atoms with Crippen LogP contribution in [0.5, 0.6) is 0 Å². The molecule has 0 N–H and O–H groups in total. The number of aromatic nitrogens is 2. The summed E-state index contributed by atoms with van der Waals surface area (Å²) in [7, 11) is 0. The molecule has 0 amide bonds. The van der Waals surface area contributed by atoms with Gasteiger partial charge in [-0.05, 0) is 134 Å². The minimum Gasteiger partial charge on any atom is -0.236 e. The van der Waals surface area contributed by atoms with E-state index in [0.29, 0.717) is 0 Å². The van der Waals surface area contributed by atoms with E-state index in [1.54, 1.807) is 22.7 Å². The lowest BCUT2D eigenvalue weighted by atomic mass is 9.74. The van der Waals surface area contributed by atoms with E-state index in [1.165, 1.54) is 81.7 Å². The van der Waals surface area contributed by atoms with E-state index in [2.05, 4.69) is 219 Å². The van der Waals surface area contributed by atoms with Gasteiger partial charge in [0.2, 0.25) is 0 Å². The second kappa shape index (κ2) is 14.7. The molecule has 0 radical (unpaired) electrons. The third-order valence-corrected chi connectivity index (χ3v) is 14.8. The van der Waals surface area contributed by atoms with Gasteiger partial charge in [-0.2, -0.15) is 0 Å². The number of hydrogen-bond donors (Lipinski definition) is 0. The first-order chi connectivity index (χ1) is 30.5. The van der Waals surface area contributed by atoms with Crippen LogP contribution in [0.2, 0.25) is 0 Å². The summed E-state index contributed by atoms with van der Waals surface area (Å²) in [5.41, 5.74) is 20.2. The number of benzene rings is 9. The van der Waals surface area contributed by atoms with Crippen molar-refractivity contribution in [3.63, 3.8) is 0 Å². The average Bonchev–Trinajstić information content (AvgIpc) is 4.05. The highest BCUT2D eigenvalue weighted by Gasteiger charge is 2.40. The predicted molar refractivity (Wildman–Crippen MR) is 263 cm³/mol. The molecule has 11 aromatic rings. The summed E-state index contributed by atoms with van der Waals surface area (Å²) in [5.74, 6) is 0. The van der Waals surface area contributed by atoms with Crippen molar-refractivity contribution in [1.82, 2.24) is 9.97 Å². The highest BCUT2D eigenvalue weighted by Crippen LogP contribution is 2.53. The Bertz CT molecular complexity index is 3270. The van der Waals surface area contributed by atoms with Crippen molar-refractivity contribution in [1.29, 1.82) is 0 Å². The topological polar surface area (TPSA) is 25.8 Å². The summed E-state index contributed by atoms with van der Waals surface area (Å²) in [4.78, 5) is 9.87. The van der Waals surface area contributed by atoms with Gasteiger partial charge >= 0.3 is 0 Å². The van der Waals surface area contributed by atoms with Crippen LogP contribution in [0, 0.1) is 0 Å². The molecule has 12 rings (SSSR count). The second-order valence-corrected chi connectivity index (χ2v) is 18.4. The first-order valence-electron chi connectivity index (χ1n) is 21.0. The van der Waals surface area contributed by atoms with Crippen LogP contribution in [-0.4, -0.2) is 9.97 Å². The summed E-state index contributed by atoms with van der Waals surface area (Å²) in [6.45, 7) is 2.39. The van der Waals surface area contributed by atoms with Crippen molar-refractivity contribution >= 4 is 43.1 Å². The molecule has 0 fully saturated rings. The first-order valence-corrected chi connectivity index (χ1v) is 22.7. The zero-order valence-electron chi connectivity index (χ0n) is 33.9. The second-order valence-electron chi connectivity index (χ2n) is 16.3. The van der Waals surface area contributed by atoms with Gasteiger partial charge in [-0.15, -0.1) is 22.7 Å². The lowest BCUT2D eigenvalue weighted by molar-refractivity contribution is 0.714. The molecule has 0 saturated heterocycles. The van der Waals surface area contributed by atoms with E-state index < -0.39 is 0 Å². The Kier molecular flexibility index (Phi) is 8.70. The monoisotopic (exact) mass is 826 g/mol. The Morgan fingerprint density at radius 2 is 0.758 bits per heavy atom. The van der Waals surface area contributed by atoms with E-state index in [0.717, 1.165) is 32.2 Å². The third kappa shape index (κ3) is 6.22. The smallest absolute Gasteiger partial charge is 0.124 e. The fourth-order valence-corrected chi connectivity index (χ4v) is 11.3. The van der Waals surface area contributed by atoms with Gasteiger partial charge in [0.15, 0.2) is 0 Å². The van der Waals surface area contributed by atoms with Crippen LogP contribution >= 0.6 is 22.7 Å². The molecule has 2 nitrogen and oxygen atoms in total. The van der Waals surface area contributed by atoms with E-state index in [1.807, 2.05) is 0 Å². The maximum absolute atomic E-state index is 4.93. The van der Waals surface area contributed by atoms with Crippen molar-refractivity contribution in [2.45, 2.75) is 12.3 Å². The molecule has 0 spiro atoms. The first kappa shape index (κ1) is 36.6. The molecule has 0 saturated carbocycles. The van der Waals surface area contributed by atoms with Crippen LogP contribution in [0.4, 0.5) is 0 Å². The van der Waals surface area contributed by atoms with Gasteiger partial charge in [0, 0.05) is 16.5 Å². The third-order valence-electron chi connectivity index (χ3n) is 12.6. The number of fused-ring (bicyclic) bond motifs is 5. The summed E-state index contributed by atoms with van der Waals surface area (Å²) in [5, 5.41) is 2.08. The van der Waals surface area contributed by atoms with Gasteiger partial charge in [0.05, 0.1) is 20.4 Å². The molecule has 1 unspecified atom stereocenters. The molecule has 2 heterocycles. The molecule has 9 aromatic carbocycles. The Morgan fingerprint density at radius 3 is 1.35 bits per heavy atom. The highest BCUT2D eigenvalue weighted by atomic mass is 32.1. The standard InChI is InChI=1S/C58H38N2S2/c1-58(47-14-3-2-4-15-47)50-17-6-5-16-48(50)49-31-30-43(36-51(49)58)41-12-11-13-42(32-41)46-34-44(37-22-26-39(27-23-37)56-59-52-18-7-9-20-54(52)61-56)33-45(35-46)38-24-28-40(29-25-38)57-60-53-19-8-10-21-55(53)62-57/h2-36H,1H3. The Hall–Kier alpha value is -7.24. The van der Waals surface area contributed by atoms with E-state index in [9.17, 15) is 0 Å². The van der Waals surface area contributed by atoms with Gasteiger partial charge in [-0.1, -0.05) is 158 Å². The summed E-state index contributed by atoms with van der Waals surface area (Å²) in [6, 6.07) is 77.5. The van der Waals surface area contributed by atoms with Crippen LogP contribution in [0.15, 0.2) is 212 Å². The Labute approximate surface area is 369 Å². The normalized spacial score (nSPS) is 14.3. The molecule has 4 heteroatoms. The van der Waals surface area contributed by atoms with Crippen LogP contribution in [0.1, 0.15) is 23.6 Å². The van der Waals surface area contributed by atoms with Gasteiger partial charge in [0.1, 0.15) is 10.0 Å². The minimum absolute atomic E-state index is 0.255. The predicted octanol–water partition coefficient (Wildman–Crippen LogP) is 16.2. The van der Waals surface area contributed by atoms with Crippen LogP contribution in [0.3, 0.4) is 0 Å². The molecule has 0 aliphatic heterocycles. The Morgan fingerprint density at radius 1 is 0.323 bits per heavy atom. The molecule has 2 aromatic heterocycles. The number of rotatable bonds is 7. The molecule has 1 atom stereocenters. The number of thiazole rings is 2. The zero-order chi connectivity index (χ0) is 41.2. The average molecular weight is 827 g/mol. The zero-order valence-corrected chi connectivity index (χ0v) is 35.6. The van der Waals surface area contributed by atoms with Crippen LogP contribution in [0.25, 0.3) is 97.2 Å². The van der Waals surface area contributed by atoms with E-state index in [4.69, 9.17) is 9.97 Å². The number of hydrogen-bond acceptors (Lipinski definition) is 4. The molecule has 292 valence electrons. The van der Waals surface area contributed by atoms with Gasteiger partial charge in [-0.3, -0.25) is 0 Å². The largest absolute Gasteiger partial charge is 0.236 e. The molecular formula is C58H38N2S2. The van der Waals surface area contributed by atoms with Crippen molar-refractivity contribution < 1.29 is 0 Å². The Balaban J connectivity index is 0.947. The summed E-state index contributed by atoms with van der Waals surface area (Å²) in [6.07, 6.45) is 0.